The van der Waals surface area contributed by atoms with E-state index < -0.39 is 11.5 Å². The minimum absolute atomic E-state index is 0.0591. The molecule has 2 saturated carbocycles. The molecule has 0 spiro atoms. The molecule has 0 bridgehead atoms. The van der Waals surface area contributed by atoms with Gasteiger partial charge in [0.1, 0.15) is 6.10 Å². The molecule has 5 nitrogen and oxygen atoms in total. The van der Waals surface area contributed by atoms with Gasteiger partial charge in [0.2, 0.25) is 0 Å². The molecule has 0 aliphatic heterocycles. The summed E-state index contributed by atoms with van der Waals surface area (Å²) in [5.74, 6) is 1.50. The Morgan fingerprint density at radius 1 is 0.956 bits per heavy atom. The fourth-order valence-electron chi connectivity index (χ4n) is 11.3. The maximum atomic E-state index is 13.5. The summed E-state index contributed by atoms with van der Waals surface area (Å²) in [6.07, 6.45) is 9.60. The third-order valence-corrected chi connectivity index (χ3v) is 13.6. The van der Waals surface area contributed by atoms with Crippen molar-refractivity contribution in [3.63, 3.8) is 0 Å². The van der Waals surface area contributed by atoms with Gasteiger partial charge >= 0.3 is 11.9 Å². The molecular weight excluding hydrogens is 560 g/mol. The fourth-order valence-corrected chi connectivity index (χ4v) is 11.3. The van der Waals surface area contributed by atoms with Crippen LogP contribution in [0.4, 0.5) is 0 Å². The first kappa shape index (κ1) is 34.2. The molecule has 0 heterocycles. The Bertz CT molecular complexity index is 1260. The molecule has 1 aromatic carbocycles. The van der Waals surface area contributed by atoms with Crippen LogP contribution in [0.3, 0.4) is 0 Å². The van der Waals surface area contributed by atoms with Gasteiger partial charge in [0.25, 0.3) is 0 Å². The van der Waals surface area contributed by atoms with Crippen molar-refractivity contribution >= 4 is 11.9 Å². The van der Waals surface area contributed by atoms with E-state index in [0.717, 1.165) is 44.9 Å². The Balaban J connectivity index is 1.49. The number of carbonyl (C=O) groups excluding carboxylic acids is 2. The molecule has 0 amide bonds. The highest BCUT2D eigenvalue weighted by atomic mass is 16.5. The minimum Gasteiger partial charge on any atom is -0.466 e. The molecule has 1 N–H and O–H groups in total. The zero-order chi connectivity index (χ0) is 32.8. The first-order valence-electron chi connectivity index (χ1n) is 18.0. The van der Waals surface area contributed by atoms with Crippen LogP contribution in [0.2, 0.25) is 0 Å². The van der Waals surface area contributed by atoms with Gasteiger partial charge < -0.3 is 14.6 Å². The number of fused-ring (bicyclic) bond motifs is 4. The van der Waals surface area contributed by atoms with E-state index in [2.05, 4.69) is 48.5 Å². The zero-order valence-corrected chi connectivity index (χ0v) is 29.4. The maximum absolute atomic E-state index is 13.5. The topological polar surface area (TPSA) is 72.8 Å². The number of hydrogen-bond donors (Lipinski definition) is 1. The Kier molecular flexibility index (Phi) is 9.74. The van der Waals surface area contributed by atoms with E-state index in [9.17, 15) is 14.7 Å². The van der Waals surface area contributed by atoms with E-state index in [1.54, 1.807) is 0 Å². The van der Waals surface area contributed by atoms with Crippen molar-refractivity contribution in [1.29, 1.82) is 0 Å². The highest BCUT2D eigenvalue weighted by Gasteiger charge is 2.69. The first-order chi connectivity index (χ1) is 21.2. The van der Waals surface area contributed by atoms with Gasteiger partial charge in [0, 0.05) is 10.8 Å². The van der Waals surface area contributed by atoms with Crippen LogP contribution in [-0.4, -0.2) is 35.9 Å². The van der Waals surface area contributed by atoms with E-state index in [1.165, 1.54) is 30.4 Å². The third-order valence-electron chi connectivity index (χ3n) is 13.6. The van der Waals surface area contributed by atoms with Gasteiger partial charge in [-0.05, 0) is 98.5 Å². The molecule has 250 valence electrons. The van der Waals surface area contributed by atoms with Crippen LogP contribution in [0.15, 0.2) is 41.5 Å². The molecule has 8 atom stereocenters. The highest BCUT2D eigenvalue weighted by Crippen LogP contribution is 2.73. The van der Waals surface area contributed by atoms with Gasteiger partial charge in [-0.15, -0.1) is 0 Å². The summed E-state index contributed by atoms with van der Waals surface area (Å²) in [5, 5.41) is 12.3. The number of hydrogen-bond acceptors (Lipinski definition) is 5. The van der Waals surface area contributed by atoms with Crippen LogP contribution in [0.5, 0.6) is 0 Å². The SMILES string of the molecule is CCOC(=O)C[C@]12C3=C(CC[C@]1(C)[C@@H]([C@H](C)CCCC(C)C)CC2O)[C@@]1(C)CC[C@H](OC(=O)c2ccccc2)C(C)(C)[C@@H]1CC3. The molecule has 45 heavy (non-hydrogen) atoms. The molecular formula is C40H60O5. The van der Waals surface area contributed by atoms with Crippen LogP contribution < -0.4 is 0 Å². The number of aliphatic hydroxyl groups is 1. The summed E-state index contributed by atoms with van der Waals surface area (Å²) in [7, 11) is 0. The number of aliphatic hydroxyl groups excluding tert-OH is 1. The van der Waals surface area contributed by atoms with Crippen molar-refractivity contribution in [2.75, 3.05) is 6.61 Å². The van der Waals surface area contributed by atoms with Crippen molar-refractivity contribution < 1.29 is 24.2 Å². The Morgan fingerprint density at radius 3 is 2.33 bits per heavy atom. The molecule has 1 aromatic rings. The van der Waals surface area contributed by atoms with Crippen LogP contribution >= 0.6 is 0 Å². The summed E-state index contributed by atoms with van der Waals surface area (Å²) in [6.45, 7) is 18.7. The summed E-state index contributed by atoms with van der Waals surface area (Å²) in [6, 6.07) is 9.33. The van der Waals surface area contributed by atoms with Gasteiger partial charge in [-0.25, -0.2) is 4.79 Å². The predicted octanol–water partition coefficient (Wildman–Crippen LogP) is 9.33. The molecule has 5 rings (SSSR count). The van der Waals surface area contributed by atoms with E-state index >= 15 is 0 Å². The lowest BCUT2D eigenvalue weighted by molar-refractivity contribution is -0.152. The molecule has 0 saturated heterocycles. The van der Waals surface area contributed by atoms with Crippen molar-refractivity contribution in [3.05, 3.63) is 47.0 Å². The average Bonchev–Trinajstić information content (AvgIpc) is 3.21. The highest BCUT2D eigenvalue weighted by molar-refractivity contribution is 5.89. The predicted molar refractivity (Wildman–Crippen MR) is 180 cm³/mol. The van der Waals surface area contributed by atoms with E-state index in [0.29, 0.717) is 35.8 Å². The second-order valence-electron chi connectivity index (χ2n) is 16.6. The summed E-state index contributed by atoms with van der Waals surface area (Å²) in [5.41, 5.74) is 2.47. The van der Waals surface area contributed by atoms with Crippen molar-refractivity contribution in [1.82, 2.24) is 0 Å². The molecule has 1 unspecified atom stereocenters. The standard InChI is InChI=1S/C40H60O5/c1-9-44-35(42)25-40-30-18-19-32-37(5,6)34(45-36(43)28-16-11-10-12-17-28)21-22-38(32,7)29(30)20-23-39(40,8)31(24-33(40)41)27(4)15-13-14-26(2)3/h10-12,16-17,26-27,31-34,41H,9,13-15,18-25H2,1-8H3/t27-,31-,32+,33?,34+,38-,39-,40-/m1/s1. The lowest BCUT2D eigenvalue weighted by Gasteiger charge is -2.63. The molecule has 0 aromatic heterocycles. The third kappa shape index (κ3) is 5.72. The number of allylic oxidation sites excluding steroid dienone is 1. The quantitative estimate of drug-likeness (QED) is 0.208. The lowest BCUT2D eigenvalue weighted by atomic mass is 9.42. The van der Waals surface area contributed by atoms with Gasteiger partial charge in [-0.2, -0.15) is 0 Å². The fraction of sp³-hybridized carbons (Fsp3) is 0.750. The van der Waals surface area contributed by atoms with Crippen molar-refractivity contribution in [2.24, 2.45) is 45.3 Å². The summed E-state index contributed by atoms with van der Waals surface area (Å²) in [4.78, 5) is 26.6. The Labute approximate surface area is 272 Å². The molecule has 5 heteroatoms. The van der Waals surface area contributed by atoms with Gasteiger partial charge in [-0.3, -0.25) is 4.79 Å². The maximum Gasteiger partial charge on any atom is 0.338 e. The van der Waals surface area contributed by atoms with Crippen LogP contribution in [0, 0.1) is 45.3 Å². The average molecular weight is 621 g/mol. The van der Waals surface area contributed by atoms with Gasteiger partial charge in [0.05, 0.1) is 24.7 Å². The van der Waals surface area contributed by atoms with Crippen molar-refractivity contribution in [3.8, 4) is 0 Å². The minimum atomic E-state index is -0.585. The summed E-state index contributed by atoms with van der Waals surface area (Å²) < 4.78 is 11.9. The summed E-state index contributed by atoms with van der Waals surface area (Å²) >= 11 is 0. The second kappa shape index (κ2) is 12.8. The van der Waals surface area contributed by atoms with Crippen LogP contribution in [0.1, 0.15) is 136 Å². The molecule has 4 aliphatic carbocycles. The zero-order valence-electron chi connectivity index (χ0n) is 29.4. The van der Waals surface area contributed by atoms with Crippen molar-refractivity contribution in [2.45, 2.75) is 138 Å². The first-order valence-corrected chi connectivity index (χ1v) is 18.0. The molecule has 4 aliphatic rings. The second-order valence-corrected chi connectivity index (χ2v) is 16.6. The van der Waals surface area contributed by atoms with Gasteiger partial charge in [0.15, 0.2) is 0 Å². The lowest BCUT2D eigenvalue weighted by Crippen LogP contribution is -2.57. The van der Waals surface area contributed by atoms with E-state index in [-0.39, 0.29) is 40.7 Å². The van der Waals surface area contributed by atoms with E-state index in [4.69, 9.17) is 9.47 Å². The molecule has 2 fully saturated rings. The monoisotopic (exact) mass is 620 g/mol. The number of carbonyl (C=O) groups is 2. The number of rotatable bonds is 10. The van der Waals surface area contributed by atoms with E-state index in [1.807, 2.05) is 37.3 Å². The molecule has 0 radical (unpaired) electrons. The number of benzene rings is 1. The van der Waals surface area contributed by atoms with Gasteiger partial charge in [-0.1, -0.05) is 97.1 Å². The number of ether oxygens (including phenoxy) is 2. The van der Waals surface area contributed by atoms with Crippen LogP contribution in [0.25, 0.3) is 0 Å². The van der Waals surface area contributed by atoms with Crippen LogP contribution in [-0.2, 0) is 14.3 Å². The smallest absolute Gasteiger partial charge is 0.338 e. The Morgan fingerprint density at radius 2 is 1.67 bits per heavy atom. The largest absolute Gasteiger partial charge is 0.466 e. The number of esters is 2. The Hall–Kier alpha value is -2.14. The normalized spacial score (nSPS) is 36.1.